The van der Waals surface area contributed by atoms with E-state index >= 15 is 0 Å². The molecule has 1 heterocycles. The van der Waals surface area contributed by atoms with Gasteiger partial charge in [-0.25, -0.2) is 0 Å². The number of carbonyl (C=O) groups excluding carboxylic acids is 1. The molecule has 172 valence electrons. The number of ether oxygens (including phenoxy) is 1. The van der Waals surface area contributed by atoms with Crippen LogP contribution < -0.4 is 0 Å². The summed E-state index contributed by atoms with van der Waals surface area (Å²) in [6.07, 6.45) is 6.15. The van der Waals surface area contributed by atoms with Crippen molar-refractivity contribution in [3.8, 4) is 0 Å². The van der Waals surface area contributed by atoms with Gasteiger partial charge in [0.2, 0.25) is 0 Å². The van der Waals surface area contributed by atoms with Gasteiger partial charge in [0.1, 0.15) is 24.4 Å². The van der Waals surface area contributed by atoms with Crippen LogP contribution in [0.4, 0.5) is 0 Å². The molecule has 1 unspecified atom stereocenters. The maximum atomic E-state index is 12.9. The van der Waals surface area contributed by atoms with Crippen LogP contribution in [0.25, 0.3) is 0 Å². The quantitative estimate of drug-likeness (QED) is 0.303. The van der Waals surface area contributed by atoms with Crippen molar-refractivity contribution < 1.29 is 30.0 Å². The fourth-order valence-electron chi connectivity index (χ4n) is 3.88. The van der Waals surface area contributed by atoms with Gasteiger partial charge in [0.05, 0.1) is 6.61 Å². The van der Waals surface area contributed by atoms with Crippen molar-refractivity contribution in [1.82, 2.24) is 4.90 Å². The van der Waals surface area contributed by atoms with E-state index < -0.39 is 37.1 Å². The van der Waals surface area contributed by atoms with Crippen LogP contribution in [0.1, 0.15) is 84.5 Å². The number of carbonyl (C=O) groups is 1. The van der Waals surface area contributed by atoms with Crippen LogP contribution in [0.15, 0.2) is 0 Å². The lowest BCUT2D eigenvalue weighted by molar-refractivity contribution is -0.230. The Labute approximate surface area is 176 Å². The molecule has 7 heteroatoms. The molecule has 1 rings (SSSR count). The predicted octanol–water partition coefficient (Wildman–Crippen LogP) is 1.99. The van der Waals surface area contributed by atoms with Gasteiger partial charge in [0, 0.05) is 13.1 Å². The zero-order chi connectivity index (χ0) is 21.6. The fraction of sp³-hybridized carbons (Fsp3) is 0.955. The first kappa shape index (κ1) is 26.3. The van der Waals surface area contributed by atoms with E-state index in [0.717, 1.165) is 25.7 Å². The average Bonchev–Trinajstić information content (AvgIpc) is 2.72. The number of hydrogen-bond acceptors (Lipinski definition) is 6. The Morgan fingerprint density at radius 3 is 1.83 bits per heavy atom. The second-order valence-corrected chi connectivity index (χ2v) is 8.26. The molecule has 1 aliphatic rings. The minimum Gasteiger partial charge on any atom is -0.394 e. The van der Waals surface area contributed by atoms with Crippen LogP contribution >= 0.6 is 0 Å². The highest BCUT2D eigenvalue weighted by Gasteiger charge is 2.47. The van der Waals surface area contributed by atoms with Crippen LogP contribution in [-0.2, 0) is 9.53 Å². The van der Waals surface area contributed by atoms with Crippen molar-refractivity contribution in [3.63, 3.8) is 0 Å². The van der Waals surface area contributed by atoms with E-state index in [1.165, 1.54) is 44.9 Å². The van der Waals surface area contributed by atoms with Gasteiger partial charge < -0.3 is 30.1 Å². The van der Waals surface area contributed by atoms with Gasteiger partial charge in [0.15, 0.2) is 6.10 Å². The summed E-state index contributed by atoms with van der Waals surface area (Å²) in [6.45, 7) is 4.81. The van der Waals surface area contributed by atoms with Crippen molar-refractivity contribution in [3.05, 3.63) is 0 Å². The first-order chi connectivity index (χ1) is 14.0. The maximum Gasteiger partial charge on any atom is 0.254 e. The van der Waals surface area contributed by atoms with Crippen LogP contribution in [-0.4, -0.2) is 81.4 Å². The third-order valence-electron chi connectivity index (χ3n) is 5.72. The second kappa shape index (κ2) is 15.1. The lowest BCUT2D eigenvalue weighted by atomic mass is 9.94. The first-order valence-corrected chi connectivity index (χ1v) is 11.6. The summed E-state index contributed by atoms with van der Waals surface area (Å²) in [4.78, 5) is 14.5. The molecule has 1 amide bonds. The van der Waals surface area contributed by atoms with Gasteiger partial charge in [-0.3, -0.25) is 4.79 Å². The van der Waals surface area contributed by atoms with Gasteiger partial charge in [-0.05, 0) is 12.8 Å². The molecule has 0 radical (unpaired) electrons. The summed E-state index contributed by atoms with van der Waals surface area (Å²) < 4.78 is 5.42. The Morgan fingerprint density at radius 1 is 0.759 bits per heavy atom. The third kappa shape index (κ3) is 8.89. The van der Waals surface area contributed by atoms with E-state index in [2.05, 4.69) is 6.92 Å². The summed E-state index contributed by atoms with van der Waals surface area (Å²) >= 11 is 0. The molecule has 4 N–H and O–H groups in total. The number of aliphatic hydroxyl groups excluding tert-OH is 4. The molecule has 0 aromatic rings. The Bertz CT molecular complexity index is 434. The van der Waals surface area contributed by atoms with Gasteiger partial charge >= 0.3 is 0 Å². The molecule has 1 fully saturated rings. The summed E-state index contributed by atoms with van der Waals surface area (Å²) in [5.74, 6) is -0.389. The van der Waals surface area contributed by atoms with Crippen LogP contribution in [0, 0.1) is 0 Å². The molecule has 1 aliphatic heterocycles. The Kier molecular flexibility index (Phi) is 13.7. The molecule has 0 bridgehead atoms. The highest BCUT2D eigenvalue weighted by molar-refractivity contribution is 5.82. The number of rotatable bonds is 15. The number of aliphatic hydroxyl groups is 4. The summed E-state index contributed by atoms with van der Waals surface area (Å²) in [6, 6.07) is 0. The highest BCUT2D eigenvalue weighted by atomic mass is 16.5. The molecule has 7 nitrogen and oxygen atoms in total. The summed E-state index contributed by atoms with van der Waals surface area (Å²) in [5.41, 5.74) is 0. The van der Waals surface area contributed by atoms with Crippen molar-refractivity contribution >= 4 is 5.91 Å². The van der Waals surface area contributed by atoms with Gasteiger partial charge in [-0.15, -0.1) is 0 Å². The predicted molar refractivity (Wildman–Crippen MR) is 112 cm³/mol. The van der Waals surface area contributed by atoms with E-state index in [1.807, 2.05) is 6.92 Å². The van der Waals surface area contributed by atoms with Crippen LogP contribution in [0.5, 0.6) is 0 Å². The van der Waals surface area contributed by atoms with E-state index in [1.54, 1.807) is 4.90 Å². The normalized spacial score (nSPS) is 27.2. The van der Waals surface area contributed by atoms with Gasteiger partial charge in [0.25, 0.3) is 5.91 Å². The molecule has 0 aromatic carbocycles. The van der Waals surface area contributed by atoms with Gasteiger partial charge in [-0.1, -0.05) is 71.6 Å². The van der Waals surface area contributed by atoms with Crippen molar-refractivity contribution in [1.29, 1.82) is 0 Å². The van der Waals surface area contributed by atoms with Crippen molar-refractivity contribution in [2.75, 3.05) is 19.7 Å². The Balaban J connectivity index is 2.38. The lowest BCUT2D eigenvalue weighted by Gasteiger charge is -2.41. The molecule has 0 saturated carbocycles. The van der Waals surface area contributed by atoms with Crippen LogP contribution in [0.3, 0.4) is 0 Å². The van der Waals surface area contributed by atoms with E-state index in [-0.39, 0.29) is 5.91 Å². The standard InChI is InChI=1S/C22H43NO6/c1-3-5-6-7-8-9-10-11-12-13-15-23(14-4-2)22(28)21-20(27)19(26)18(25)17(16-24)29-21/h17-21,24-27H,3-16H2,1-2H3/t17-,18-,19+,20-,21?/m1/s1. The SMILES string of the molecule is CCCCCCCCCCCCN(CCC)C(=O)C1O[C@H](CO)[C@@H](O)[C@H](O)[C@H]1O. The zero-order valence-corrected chi connectivity index (χ0v) is 18.3. The van der Waals surface area contributed by atoms with Crippen molar-refractivity contribution in [2.45, 2.75) is 115 Å². The molecule has 0 aliphatic carbocycles. The van der Waals surface area contributed by atoms with E-state index in [9.17, 15) is 25.2 Å². The first-order valence-electron chi connectivity index (χ1n) is 11.6. The topological polar surface area (TPSA) is 110 Å². The molecule has 0 spiro atoms. The molecule has 1 saturated heterocycles. The lowest BCUT2D eigenvalue weighted by Crippen LogP contribution is -2.62. The van der Waals surface area contributed by atoms with Crippen LogP contribution in [0.2, 0.25) is 0 Å². The maximum absolute atomic E-state index is 12.9. The minimum absolute atomic E-state index is 0.389. The second-order valence-electron chi connectivity index (χ2n) is 8.26. The summed E-state index contributed by atoms with van der Waals surface area (Å²) in [5, 5.41) is 39.3. The van der Waals surface area contributed by atoms with Crippen molar-refractivity contribution in [2.24, 2.45) is 0 Å². The number of nitrogens with zero attached hydrogens (tertiary/aromatic N) is 1. The van der Waals surface area contributed by atoms with Gasteiger partial charge in [-0.2, -0.15) is 0 Å². The molecular formula is C22H43NO6. The summed E-state index contributed by atoms with van der Waals surface area (Å²) in [7, 11) is 0. The average molecular weight is 418 g/mol. The monoisotopic (exact) mass is 417 g/mol. The minimum atomic E-state index is -1.52. The zero-order valence-electron chi connectivity index (χ0n) is 18.3. The fourth-order valence-corrected chi connectivity index (χ4v) is 3.88. The largest absolute Gasteiger partial charge is 0.394 e. The number of hydrogen-bond donors (Lipinski definition) is 4. The number of amides is 1. The number of unbranched alkanes of at least 4 members (excludes halogenated alkanes) is 9. The molecular weight excluding hydrogens is 374 g/mol. The molecule has 0 aromatic heterocycles. The van der Waals surface area contributed by atoms with E-state index in [0.29, 0.717) is 13.1 Å². The Morgan fingerprint density at radius 2 is 1.31 bits per heavy atom. The Hall–Kier alpha value is -0.730. The third-order valence-corrected chi connectivity index (χ3v) is 5.72. The smallest absolute Gasteiger partial charge is 0.254 e. The molecule has 5 atom stereocenters. The molecule has 29 heavy (non-hydrogen) atoms. The van der Waals surface area contributed by atoms with E-state index in [4.69, 9.17) is 4.74 Å². The highest BCUT2D eigenvalue weighted by Crippen LogP contribution is 2.23.